The van der Waals surface area contributed by atoms with Crippen LogP contribution in [0.1, 0.15) is 54.0 Å². The maximum absolute atomic E-state index is 12.6. The number of nitrogens with one attached hydrogen (secondary N) is 1. The van der Waals surface area contributed by atoms with Gasteiger partial charge in [0.05, 0.1) is 5.69 Å². The number of piperidine rings is 1. The van der Waals surface area contributed by atoms with E-state index in [1.165, 1.54) is 4.52 Å². The Balaban J connectivity index is 1.44. The second-order valence-corrected chi connectivity index (χ2v) is 6.67. The third-order valence-electron chi connectivity index (χ3n) is 4.88. The predicted octanol–water partition coefficient (Wildman–Crippen LogP) is 1.98. The van der Waals surface area contributed by atoms with Crippen LogP contribution in [0.15, 0.2) is 33.7 Å². The van der Waals surface area contributed by atoms with E-state index in [1.807, 2.05) is 0 Å². The maximum atomic E-state index is 12.6. The van der Waals surface area contributed by atoms with E-state index in [4.69, 9.17) is 4.52 Å². The molecule has 0 radical (unpaired) electrons. The molecular weight excluding hydrogens is 334 g/mol. The van der Waals surface area contributed by atoms with Crippen molar-refractivity contribution in [3.63, 3.8) is 0 Å². The zero-order chi connectivity index (χ0) is 18.1. The third kappa shape index (κ3) is 3.02. The van der Waals surface area contributed by atoms with Crippen molar-refractivity contribution in [2.75, 3.05) is 13.1 Å². The number of aromatic nitrogens is 4. The average Bonchev–Trinajstić information content (AvgIpc) is 3.31. The van der Waals surface area contributed by atoms with E-state index >= 15 is 0 Å². The molecule has 1 N–H and O–H groups in total. The van der Waals surface area contributed by atoms with Crippen LogP contribution in [0.4, 0.5) is 0 Å². The van der Waals surface area contributed by atoms with Gasteiger partial charge in [0.1, 0.15) is 5.76 Å². The molecule has 4 heterocycles. The molecule has 0 spiro atoms. The highest BCUT2D eigenvalue weighted by Crippen LogP contribution is 2.27. The smallest absolute Gasteiger partial charge is 0.276 e. The Labute approximate surface area is 149 Å². The Morgan fingerprint density at radius 2 is 2.15 bits per heavy atom. The minimum Gasteiger partial charge on any atom is -0.361 e. The Bertz CT molecular complexity index is 978. The van der Waals surface area contributed by atoms with E-state index in [0.717, 1.165) is 37.1 Å². The van der Waals surface area contributed by atoms with Gasteiger partial charge >= 0.3 is 0 Å². The summed E-state index contributed by atoms with van der Waals surface area (Å²) in [7, 11) is 0. The zero-order valence-electron chi connectivity index (χ0n) is 14.6. The second-order valence-electron chi connectivity index (χ2n) is 6.67. The van der Waals surface area contributed by atoms with Crippen LogP contribution in [0, 0.1) is 0 Å². The molecule has 0 aromatic carbocycles. The van der Waals surface area contributed by atoms with Crippen LogP contribution in [-0.4, -0.2) is 43.7 Å². The van der Waals surface area contributed by atoms with Crippen LogP contribution in [0.2, 0.25) is 0 Å². The van der Waals surface area contributed by atoms with Crippen molar-refractivity contribution in [1.29, 1.82) is 0 Å². The van der Waals surface area contributed by atoms with E-state index in [0.29, 0.717) is 24.4 Å². The first-order valence-electron chi connectivity index (χ1n) is 8.97. The molecule has 0 aliphatic carbocycles. The van der Waals surface area contributed by atoms with Crippen LogP contribution in [0.25, 0.3) is 5.65 Å². The summed E-state index contributed by atoms with van der Waals surface area (Å²) in [5.41, 5.74) is 1.68. The lowest BCUT2D eigenvalue weighted by molar-refractivity contribution is 0.0701. The molecule has 0 atom stereocenters. The van der Waals surface area contributed by atoms with Gasteiger partial charge in [0.25, 0.3) is 11.5 Å². The van der Waals surface area contributed by atoms with E-state index in [9.17, 15) is 9.59 Å². The summed E-state index contributed by atoms with van der Waals surface area (Å²) >= 11 is 0. The number of carbonyl (C=O) groups is 1. The summed E-state index contributed by atoms with van der Waals surface area (Å²) in [6.07, 6.45) is 4.98. The van der Waals surface area contributed by atoms with E-state index < -0.39 is 0 Å². The number of amides is 1. The van der Waals surface area contributed by atoms with Crippen molar-refractivity contribution in [3.05, 3.63) is 51.9 Å². The van der Waals surface area contributed by atoms with Crippen molar-refractivity contribution in [3.8, 4) is 0 Å². The van der Waals surface area contributed by atoms with Crippen LogP contribution in [-0.2, 0) is 6.42 Å². The van der Waals surface area contributed by atoms with Gasteiger partial charge in [-0.15, -0.1) is 0 Å². The average molecular weight is 355 g/mol. The minimum atomic E-state index is -0.112. The van der Waals surface area contributed by atoms with Crippen LogP contribution < -0.4 is 5.56 Å². The molecule has 1 amide bonds. The second kappa shape index (κ2) is 6.78. The maximum Gasteiger partial charge on any atom is 0.276 e. The Morgan fingerprint density at radius 3 is 2.92 bits per heavy atom. The van der Waals surface area contributed by atoms with Crippen LogP contribution >= 0.6 is 0 Å². The van der Waals surface area contributed by atoms with Gasteiger partial charge < -0.3 is 9.42 Å². The Morgan fingerprint density at radius 1 is 1.35 bits per heavy atom. The summed E-state index contributed by atoms with van der Waals surface area (Å²) in [5.74, 6) is 0.832. The Kier molecular flexibility index (Phi) is 4.32. The molecule has 1 aliphatic rings. The highest BCUT2D eigenvalue weighted by molar-refractivity contribution is 5.92. The fourth-order valence-corrected chi connectivity index (χ4v) is 3.47. The van der Waals surface area contributed by atoms with Gasteiger partial charge in [-0.1, -0.05) is 12.1 Å². The van der Waals surface area contributed by atoms with Gasteiger partial charge in [0, 0.05) is 49.8 Å². The quantitative estimate of drug-likeness (QED) is 0.772. The molecule has 4 rings (SSSR count). The predicted molar refractivity (Wildman–Crippen MR) is 94.2 cm³/mol. The summed E-state index contributed by atoms with van der Waals surface area (Å²) in [5, 5.41) is 6.74. The number of aryl methyl sites for hydroxylation is 1. The number of hydrogen-bond donors (Lipinski definition) is 1. The first kappa shape index (κ1) is 16.6. The SMILES string of the molecule is CCCc1cc(C(=O)N2CCC(c3cc(=O)n4[nH]ccc4n3)CC2)no1. The fraction of sp³-hybridized carbons (Fsp3) is 0.444. The largest absolute Gasteiger partial charge is 0.361 e. The van der Waals surface area contributed by atoms with Crippen LogP contribution in [0.5, 0.6) is 0 Å². The molecule has 8 heteroatoms. The summed E-state index contributed by atoms with van der Waals surface area (Å²) in [6, 6.07) is 5.10. The summed E-state index contributed by atoms with van der Waals surface area (Å²) in [4.78, 5) is 31.1. The van der Waals surface area contributed by atoms with Crippen molar-refractivity contribution in [1.82, 2.24) is 24.7 Å². The molecule has 1 fully saturated rings. The van der Waals surface area contributed by atoms with E-state index in [2.05, 4.69) is 22.2 Å². The number of rotatable bonds is 4. The van der Waals surface area contributed by atoms with Gasteiger partial charge in [0.15, 0.2) is 11.3 Å². The first-order valence-corrected chi connectivity index (χ1v) is 8.97. The molecule has 8 nitrogen and oxygen atoms in total. The molecule has 1 aliphatic heterocycles. The normalized spacial score (nSPS) is 15.7. The van der Waals surface area contributed by atoms with Crippen molar-refractivity contribution in [2.45, 2.75) is 38.5 Å². The van der Waals surface area contributed by atoms with E-state index in [-0.39, 0.29) is 17.4 Å². The fourth-order valence-electron chi connectivity index (χ4n) is 3.47. The molecule has 1 saturated heterocycles. The molecule has 0 saturated carbocycles. The molecule has 3 aromatic rings. The summed E-state index contributed by atoms with van der Waals surface area (Å²) < 4.78 is 6.62. The molecule has 3 aromatic heterocycles. The van der Waals surface area contributed by atoms with Gasteiger partial charge in [-0.25, -0.2) is 9.50 Å². The highest BCUT2D eigenvalue weighted by atomic mass is 16.5. The van der Waals surface area contributed by atoms with Crippen molar-refractivity contribution >= 4 is 11.6 Å². The van der Waals surface area contributed by atoms with Crippen molar-refractivity contribution in [2.24, 2.45) is 0 Å². The molecule has 26 heavy (non-hydrogen) atoms. The monoisotopic (exact) mass is 355 g/mol. The van der Waals surface area contributed by atoms with Gasteiger partial charge in [-0.3, -0.25) is 14.7 Å². The van der Waals surface area contributed by atoms with Gasteiger partial charge in [-0.2, -0.15) is 0 Å². The summed E-state index contributed by atoms with van der Waals surface area (Å²) in [6.45, 7) is 3.29. The molecule has 0 bridgehead atoms. The lowest BCUT2D eigenvalue weighted by atomic mass is 9.93. The number of likely N-dealkylation sites (tertiary alicyclic amines) is 1. The zero-order valence-corrected chi connectivity index (χ0v) is 14.6. The lowest BCUT2D eigenvalue weighted by Gasteiger charge is -2.31. The molecule has 136 valence electrons. The van der Waals surface area contributed by atoms with Crippen LogP contribution in [0.3, 0.4) is 0 Å². The topological polar surface area (TPSA) is 96.5 Å². The first-order chi connectivity index (χ1) is 12.7. The number of carbonyl (C=O) groups excluding carboxylic acids is 1. The molecular formula is C18H21N5O3. The minimum absolute atomic E-state index is 0.0938. The lowest BCUT2D eigenvalue weighted by Crippen LogP contribution is -2.38. The highest BCUT2D eigenvalue weighted by Gasteiger charge is 2.27. The number of H-pyrrole nitrogens is 1. The number of nitrogens with zero attached hydrogens (tertiary/aromatic N) is 4. The molecule has 0 unspecified atom stereocenters. The number of fused-ring (bicyclic) bond motifs is 1. The Hall–Kier alpha value is -2.90. The van der Waals surface area contributed by atoms with Crippen molar-refractivity contribution < 1.29 is 9.32 Å². The van der Waals surface area contributed by atoms with E-state index in [1.54, 1.807) is 29.3 Å². The third-order valence-corrected chi connectivity index (χ3v) is 4.88. The standard InChI is InChI=1S/C18H21N5O3/c1-2-3-13-10-15(21-26-13)18(25)22-8-5-12(6-9-22)14-11-17(24)23-16(20-14)4-7-19-23/h4,7,10-12,19H,2-3,5-6,8-9H2,1H3. The number of hydrogen-bond acceptors (Lipinski definition) is 5. The van der Waals surface area contributed by atoms with Gasteiger partial charge in [0.2, 0.25) is 0 Å². The van der Waals surface area contributed by atoms with Gasteiger partial charge in [-0.05, 0) is 19.3 Å². The number of aromatic amines is 1.